The number of carbonyl (C=O) groups is 3. The zero-order valence-electron chi connectivity index (χ0n) is 27.2. The van der Waals surface area contributed by atoms with Gasteiger partial charge in [0, 0.05) is 75.7 Å². The number of hydrogen-bond acceptors (Lipinski definition) is 10. The number of ether oxygens (including phenoxy) is 1. The van der Waals surface area contributed by atoms with E-state index in [0.717, 1.165) is 60.7 Å². The Kier molecular flexibility index (Phi) is 9.49. The lowest BCUT2D eigenvalue weighted by molar-refractivity contribution is -0.136. The van der Waals surface area contributed by atoms with Gasteiger partial charge in [-0.15, -0.1) is 0 Å². The normalized spacial score (nSPS) is 21.2. The lowest BCUT2D eigenvalue weighted by Gasteiger charge is -2.33. The summed E-state index contributed by atoms with van der Waals surface area (Å²) in [5.74, 6) is 0.587. The molecule has 4 aliphatic heterocycles. The number of anilines is 2. The molecule has 12 nitrogen and oxygen atoms in total. The number of halogens is 1. The van der Waals surface area contributed by atoms with Crippen molar-refractivity contribution in [3.63, 3.8) is 0 Å². The van der Waals surface area contributed by atoms with Crippen LogP contribution in [-0.2, 0) is 27.4 Å². The maximum Gasteiger partial charge on any atom is 0.255 e. The lowest BCUT2D eigenvalue weighted by Crippen LogP contribution is -2.52. The van der Waals surface area contributed by atoms with Gasteiger partial charge in [-0.25, -0.2) is 9.97 Å². The summed E-state index contributed by atoms with van der Waals surface area (Å²) in [4.78, 5) is 50.8. The van der Waals surface area contributed by atoms with Crippen LogP contribution < -0.4 is 16.0 Å². The molecule has 2 aromatic heterocycles. The molecule has 0 bridgehead atoms. The highest BCUT2D eigenvalue weighted by Crippen LogP contribution is 2.33. The molecule has 6 heterocycles. The van der Waals surface area contributed by atoms with Crippen LogP contribution in [0.15, 0.2) is 48.7 Å². The summed E-state index contributed by atoms with van der Waals surface area (Å²) in [7, 11) is 0. The minimum absolute atomic E-state index is 0.148. The van der Waals surface area contributed by atoms with Crippen LogP contribution in [0.4, 0.5) is 11.6 Å². The highest BCUT2D eigenvalue weighted by molar-refractivity contribution is 6.33. The van der Waals surface area contributed by atoms with Gasteiger partial charge < -0.3 is 20.3 Å². The number of amides is 3. The van der Waals surface area contributed by atoms with E-state index in [0.29, 0.717) is 62.0 Å². The predicted octanol–water partition coefficient (Wildman–Crippen LogP) is 4.37. The van der Waals surface area contributed by atoms with Crippen LogP contribution in [0.5, 0.6) is 0 Å². The minimum Gasteiger partial charge on any atom is -0.381 e. The Balaban J connectivity index is 0.954. The van der Waals surface area contributed by atoms with Crippen molar-refractivity contribution in [1.82, 2.24) is 25.1 Å². The van der Waals surface area contributed by atoms with Gasteiger partial charge in [0.1, 0.15) is 17.7 Å². The van der Waals surface area contributed by atoms with Gasteiger partial charge in [-0.05, 0) is 67.5 Å². The first-order valence-electron chi connectivity index (χ1n) is 16.9. The fourth-order valence-corrected chi connectivity index (χ4v) is 7.43. The quantitative estimate of drug-likeness (QED) is 0.278. The van der Waals surface area contributed by atoms with E-state index in [9.17, 15) is 19.6 Å². The van der Waals surface area contributed by atoms with Crippen molar-refractivity contribution in [2.75, 3.05) is 43.5 Å². The lowest BCUT2D eigenvalue weighted by atomic mass is 9.82. The molecule has 1 aromatic carbocycles. The molecule has 4 aliphatic rings. The molecule has 13 heteroatoms. The van der Waals surface area contributed by atoms with Crippen molar-refractivity contribution in [1.29, 1.82) is 5.26 Å². The Morgan fingerprint density at radius 2 is 1.84 bits per heavy atom. The Morgan fingerprint density at radius 1 is 1.04 bits per heavy atom. The zero-order chi connectivity index (χ0) is 34.0. The van der Waals surface area contributed by atoms with Gasteiger partial charge in [0.2, 0.25) is 11.8 Å². The summed E-state index contributed by atoms with van der Waals surface area (Å²) in [6, 6.07) is 15.6. The Hall–Kier alpha value is -4.57. The van der Waals surface area contributed by atoms with E-state index in [2.05, 4.69) is 38.0 Å². The van der Waals surface area contributed by atoms with Gasteiger partial charge >= 0.3 is 0 Å². The standard InChI is InChI=1S/C36H39ClN8O4/c37-28-18-39-32(17-26(28)29-5-2-6-31(42-29)40-22-36(21-38)11-15-49-16-12-36)41-24-9-13-44(14-10-24)19-23-3-1-4-25-27(23)20-45(35(25)48)30-7-8-33(46)43-34(30)47/h1-6,17-18,24,30H,7-16,19-20,22H2,(H,39,41)(H,40,42)(H,43,46,47). The number of carbonyl (C=O) groups excluding carboxylic acids is 3. The van der Waals surface area contributed by atoms with Crippen LogP contribution in [0.1, 0.15) is 60.0 Å². The summed E-state index contributed by atoms with van der Waals surface area (Å²) in [5.41, 5.74) is 3.74. The average molecular weight is 683 g/mol. The average Bonchev–Trinajstić information content (AvgIpc) is 3.46. The van der Waals surface area contributed by atoms with Crippen molar-refractivity contribution in [3.8, 4) is 17.3 Å². The van der Waals surface area contributed by atoms with E-state index in [4.69, 9.17) is 21.3 Å². The minimum atomic E-state index is -0.621. The van der Waals surface area contributed by atoms with Crippen LogP contribution in [0.3, 0.4) is 0 Å². The molecule has 0 saturated carbocycles. The zero-order valence-corrected chi connectivity index (χ0v) is 28.0. The first-order chi connectivity index (χ1) is 23.8. The van der Waals surface area contributed by atoms with E-state index in [1.807, 2.05) is 36.4 Å². The van der Waals surface area contributed by atoms with Crippen LogP contribution in [0.25, 0.3) is 11.3 Å². The third-order valence-corrected chi connectivity index (χ3v) is 10.5. The number of benzene rings is 1. The van der Waals surface area contributed by atoms with E-state index in [1.54, 1.807) is 11.1 Å². The van der Waals surface area contributed by atoms with Crippen molar-refractivity contribution < 1.29 is 19.1 Å². The fourth-order valence-electron chi connectivity index (χ4n) is 7.23. The molecule has 3 fully saturated rings. The molecule has 3 amide bonds. The van der Waals surface area contributed by atoms with Crippen molar-refractivity contribution in [2.24, 2.45) is 5.41 Å². The van der Waals surface area contributed by atoms with Gasteiger partial charge in [-0.3, -0.25) is 24.6 Å². The Bertz CT molecular complexity index is 1800. The third kappa shape index (κ3) is 7.11. The largest absolute Gasteiger partial charge is 0.381 e. The highest BCUT2D eigenvalue weighted by Gasteiger charge is 2.40. The molecular weight excluding hydrogens is 644 g/mol. The predicted molar refractivity (Wildman–Crippen MR) is 183 cm³/mol. The van der Waals surface area contributed by atoms with E-state index >= 15 is 0 Å². The number of fused-ring (bicyclic) bond motifs is 1. The number of nitrogens with zero attached hydrogens (tertiary/aromatic N) is 5. The number of aromatic nitrogens is 2. The molecule has 3 N–H and O–H groups in total. The Labute approximate surface area is 290 Å². The number of likely N-dealkylation sites (tertiary alicyclic amines) is 1. The summed E-state index contributed by atoms with van der Waals surface area (Å²) >= 11 is 6.61. The second-order valence-corrected chi connectivity index (χ2v) is 13.8. The molecule has 3 aromatic rings. The molecule has 7 rings (SSSR count). The molecule has 49 heavy (non-hydrogen) atoms. The van der Waals surface area contributed by atoms with Crippen LogP contribution in [0.2, 0.25) is 5.02 Å². The molecule has 1 atom stereocenters. The number of nitriles is 1. The molecule has 0 spiro atoms. The molecule has 254 valence electrons. The number of hydrogen-bond donors (Lipinski definition) is 3. The molecule has 1 unspecified atom stereocenters. The second-order valence-electron chi connectivity index (χ2n) is 13.4. The van der Waals surface area contributed by atoms with Gasteiger partial charge in [-0.2, -0.15) is 5.26 Å². The van der Waals surface area contributed by atoms with E-state index < -0.39 is 17.4 Å². The number of rotatable bonds is 9. The SMILES string of the molecule is N#CC1(CNc2cccc(-c3cc(NC4CCN(Cc5cccc6c5CN(C5CCC(=O)NC5=O)C6=O)CC4)ncc3Cl)n2)CCOCC1. The summed E-state index contributed by atoms with van der Waals surface area (Å²) in [6.45, 7) is 4.53. The van der Waals surface area contributed by atoms with Crippen LogP contribution in [0, 0.1) is 16.7 Å². The van der Waals surface area contributed by atoms with Crippen LogP contribution >= 0.6 is 11.6 Å². The van der Waals surface area contributed by atoms with E-state index in [-0.39, 0.29) is 24.3 Å². The summed E-state index contributed by atoms with van der Waals surface area (Å²) in [6.07, 6.45) is 5.46. The van der Waals surface area contributed by atoms with Crippen molar-refractivity contribution >= 4 is 41.0 Å². The van der Waals surface area contributed by atoms with Gasteiger partial charge in [0.15, 0.2) is 0 Å². The number of imide groups is 1. The monoisotopic (exact) mass is 682 g/mol. The van der Waals surface area contributed by atoms with Crippen LogP contribution in [-0.4, -0.2) is 82.4 Å². The molecule has 3 saturated heterocycles. The van der Waals surface area contributed by atoms with Crippen molar-refractivity contribution in [3.05, 3.63) is 70.4 Å². The number of pyridine rings is 2. The number of nitrogens with one attached hydrogen (secondary N) is 3. The molecular formula is C36H39ClN8O4. The number of piperidine rings is 2. The van der Waals surface area contributed by atoms with Gasteiger partial charge in [0.05, 0.1) is 22.2 Å². The molecule has 0 radical (unpaired) electrons. The van der Waals surface area contributed by atoms with Gasteiger partial charge in [-0.1, -0.05) is 29.8 Å². The smallest absolute Gasteiger partial charge is 0.255 e. The highest BCUT2D eigenvalue weighted by atomic mass is 35.5. The maximum atomic E-state index is 13.3. The topological polar surface area (TPSA) is 153 Å². The molecule has 0 aliphatic carbocycles. The summed E-state index contributed by atoms with van der Waals surface area (Å²) in [5, 5.41) is 19.6. The first kappa shape index (κ1) is 33.0. The van der Waals surface area contributed by atoms with E-state index in [1.165, 1.54) is 0 Å². The fraction of sp³-hybridized carbons (Fsp3) is 0.444. The first-order valence-corrected chi connectivity index (χ1v) is 17.3. The Morgan fingerprint density at radius 3 is 2.61 bits per heavy atom. The van der Waals surface area contributed by atoms with Crippen molar-refractivity contribution in [2.45, 2.75) is 63.7 Å². The summed E-state index contributed by atoms with van der Waals surface area (Å²) < 4.78 is 5.45. The second kappa shape index (κ2) is 14.1. The van der Waals surface area contributed by atoms with Gasteiger partial charge in [0.25, 0.3) is 5.91 Å². The maximum absolute atomic E-state index is 13.3. The third-order valence-electron chi connectivity index (χ3n) is 10.2.